The van der Waals surface area contributed by atoms with Crippen LogP contribution in [0.3, 0.4) is 0 Å². The summed E-state index contributed by atoms with van der Waals surface area (Å²) in [5.41, 5.74) is 4.74. The van der Waals surface area contributed by atoms with Gasteiger partial charge >= 0.3 is 0 Å². The molecule has 1 N–H and O–H groups in total. The molecule has 0 aliphatic carbocycles. The van der Waals surface area contributed by atoms with Gasteiger partial charge in [-0.2, -0.15) is 0 Å². The van der Waals surface area contributed by atoms with Crippen LogP contribution in [0, 0.1) is 0 Å². The van der Waals surface area contributed by atoms with Crippen molar-refractivity contribution in [1.82, 2.24) is 0 Å². The highest BCUT2D eigenvalue weighted by Crippen LogP contribution is 2.57. The van der Waals surface area contributed by atoms with E-state index in [0.717, 1.165) is 58.1 Å². The maximum atomic E-state index is 10.5. The van der Waals surface area contributed by atoms with Crippen molar-refractivity contribution in [3.05, 3.63) is 54.6 Å². The summed E-state index contributed by atoms with van der Waals surface area (Å²) < 4.78 is 23.3. The van der Waals surface area contributed by atoms with Gasteiger partial charge in [0.25, 0.3) is 0 Å². The third kappa shape index (κ3) is 4.72. The van der Waals surface area contributed by atoms with Gasteiger partial charge in [0, 0.05) is 0 Å². The summed E-state index contributed by atoms with van der Waals surface area (Å²) in [6.07, 6.45) is 1.31. The minimum atomic E-state index is -0.657. The van der Waals surface area contributed by atoms with Crippen molar-refractivity contribution in [2.75, 3.05) is 28.4 Å². The molecule has 35 heavy (non-hydrogen) atoms. The first-order valence-corrected chi connectivity index (χ1v) is 13.4. The predicted octanol–water partition coefficient (Wildman–Crippen LogP) is 6.09. The standard InChI is InChI=1S/C29H35O5P/c1-18-16-20(30)17-19(2)35(18)29-21(27-23(31-3)12-8-13-24(27)32-4)10-7-11-22(29)28-25(33-5)14-9-15-26(28)34-6/h7-15,18-20,30H,16-17H2,1-6H3. The van der Waals surface area contributed by atoms with Crippen LogP contribution in [0.15, 0.2) is 54.6 Å². The molecule has 0 saturated carbocycles. The lowest BCUT2D eigenvalue weighted by atomic mass is 9.96. The normalized spacial score (nSPS) is 21.9. The fourth-order valence-corrected chi connectivity index (χ4v) is 9.06. The molecule has 6 heteroatoms. The second kappa shape index (κ2) is 10.9. The molecule has 1 saturated heterocycles. The molecule has 3 aromatic carbocycles. The largest absolute Gasteiger partial charge is 0.496 e. The first-order chi connectivity index (χ1) is 16.9. The highest BCUT2D eigenvalue weighted by molar-refractivity contribution is 7.67. The number of hydrogen-bond acceptors (Lipinski definition) is 5. The van der Waals surface area contributed by atoms with Gasteiger partial charge < -0.3 is 24.1 Å². The fourth-order valence-electron chi connectivity index (χ4n) is 5.44. The average molecular weight is 495 g/mol. The van der Waals surface area contributed by atoms with Gasteiger partial charge in [0.15, 0.2) is 0 Å². The van der Waals surface area contributed by atoms with Gasteiger partial charge in [0.2, 0.25) is 0 Å². The van der Waals surface area contributed by atoms with Crippen LogP contribution in [0.1, 0.15) is 26.7 Å². The molecule has 1 aliphatic heterocycles. The van der Waals surface area contributed by atoms with Gasteiger partial charge in [0.05, 0.1) is 45.7 Å². The fraction of sp³-hybridized carbons (Fsp3) is 0.379. The van der Waals surface area contributed by atoms with Gasteiger partial charge in [0.1, 0.15) is 23.0 Å². The van der Waals surface area contributed by atoms with Crippen LogP contribution in [0.2, 0.25) is 0 Å². The van der Waals surface area contributed by atoms with Crippen molar-refractivity contribution in [2.45, 2.75) is 44.1 Å². The Morgan fingerprint density at radius 3 is 1.31 bits per heavy atom. The number of benzene rings is 3. The number of methoxy groups -OCH3 is 4. The van der Waals surface area contributed by atoms with Gasteiger partial charge in [-0.05, 0) is 64.9 Å². The number of aliphatic hydroxyl groups is 1. The number of rotatable bonds is 7. The SMILES string of the molecule is COc1cccc(OC)c1-c1cccc(-c2c(OC)cccc2OC)c1P1C(C)CC(O)CC1C. The van der Waals surface area contributed by atoms with E-state index in [1.54, 1.807) is 28.4 Å². The highest BCUT2D eigenvalue weighted by atomic mass is 31.1. The maximum Gasteiger partial charge on any atom is 0.130 e. The van der Waals surface area contributed by atoms with E-state index in [9.17, 15) is 5.11 Å². The van der Waals surface area contributed by atoms with Crippen LogP contribution in [-0.4, -0.2) is 51.0 Å². The molecule has 2 unspecified atom stereocenters. The van der Waals surface area contributed by atoms with Gasteiger partial charge in [-0.25, -0.2) is 0 Å². The van der Waals surface area contributed by atoms with Crippen LogP contribution in [0.4, 0.5) is 0 Å². The molecule has 0 amide bonds. The van der Waals surface area contributed by atoms with Crippen molar-refractivity contribution in [1.29, 1.82) is 0 Å². The second-order valence-corrected chi connectivity index (χ2v) is 12.0. The maximum absolute atomic E-state index is 10.5. The lowest BCUT2D eigenvalue weighted by Crippen LogP contribution is -2.32. The Bertz CT molecular complexity index is 1050. The quantitative estimate of drug-likeness (QED) is 0.403. The highest BCUT2D eigenvalue weighted by Gasteiger charge is 2.37. The zero-order valence-corrected chi connectivity index (χ0v) is 22.3. The first kappa shape index (κ1) is 25.3. The summed E-state index contributed by atoms with van der Waals surface area (Å²) in [5.74, 6) is 3.06. The van der Waals surface area contributed by atoms with Crippen molar-refractivity contribution in [3.8, 4) is 45.3 Å². The topological polar surface area (TPSA) is 57.2 Å². The zero-order valence-electron chi connectivity index (χ0n) is 21.4. The summed E-state index contributed by atoms with van der Waals surface area (Å²) in [5, 5.41) is 11.8. The van der Waals surface area contributed by atoms with E-state index in [1.807, 2.05) is 36.4 Å². The van der Waals surface area contributed by atoms with E-state index in [0.29, 0.717) is 11.3 Å². The minimum Gasteiger partial charge on any atom is -0.496 e. The number of ether oxygens (including phenoxy) is 4. The van der Waals surface area contributed by atoms with Gasteiger partial charge in [-0.3, -0.25) is 0 Å². The molecule has 5 nitrogen and oxygen atoms in total. The Labute approximate surface area is 209 Å². The summed E-state index contributed by atoms with van der Waals surface area (Å²) in [6, 6.07) is 18.2. The van der Waals surface area contributed by atoms with Gasteiger partial charge in [-0.1, -0.05) is 52.1 Å². The number of aliphatic hydroxyl groups excluding tert-OH is 1. The Morgan fingerprint density at radius 2 is 0.971 bits per heavy atom. The third-order valence-electron chi connectivity index (χ3n) is 6.86. The molecule has 0 radical (unpaired) electrons. The molecule has 0 spiro atoms. The molecular weight excluding hydrogens is 459 g/mol. The molecule has 1 fully saturated rings. The van der Waals surface area contributed by atoms with Crippen LogP contribution < -0.4 is 24.3 Å². The molecule has 186 valence electrons. The monoisotopic (exact) mass is 494 g/mol. The molecule has 2 atom stereocenters. The zero-order chi connectivity index (χ0) is 25.1. The molecule has 4 rings (SSSR count). The molecule has 0 bridgehead atoms. The van der Waals surface area contributed by atoms with Crippen LogP contribution >= 0.6 is 7.92 Å². The summed E-state index contributed by atoms with van der Waals surface area (Å²) in [7, 11) is 6.12. The Balaban J connectivity index is 2.11. The molecule has 3 aromatic rings. The minimum absolute atomic E-state index is 0.268. The summed E-state index contributed by atoms with van der Waals surface area (Å²) in [4.78, 5) is 0. The second-order valence-electron chi connectivity index (χ2n) is 9.01. The van der Waals surface area contributed by atoms with E-state index in [1.165, 1.54) is 5.30 Å². The molecule has 0 aromatic heterocycles. The van der Waals surface area contributed by atoms with E-state index in [-0.39, 0.29) is 6.10 Å². The molecule has 1 heterocycles. The van der Waals surface area contributed by atoms with Crippen LogP contribution in [-0.2, 0) is 0 Å². The summed E-state index contributed by atoms with van der Waals surface area (Å²) >= 11 is 0. The predicted molar refractivity (Wildman–Crippen MR) is 144 cm³/mol. The van der Waals surface area contributed by atoms with E-state index in [4.69, 9.17) is 18.9 Å². The van der Waals surface area contributed by atoms with Crippen molar-refractivity contribution in [3.63, 3.8) is 0 Å². The Morgan fingerprint density at radius 1 is 0.629 bits per heavy atom. The van der Waals surface area contributed by atoms with Crippen LogP contribution in [0.25, 0.3) is 22.3 Å². The van der Waals surface area contributed by atoms with Crippen LogP contribution in [0.5, 0.6) is 23.0 Å². The van der Waals surface area contributed by atoms with E-state index >= 15 is 0 Å². The van der Waals surface area contributed by atoms with Crippen molar-refractivity contribution in [2.24, 2.45) is 0 Å². The average Bonchev–Trinajstić information content (AvgIpc) is 2.87. The van der Waals surface area contributed by atoms with Crippen molar-refractivity contribution >= 4 is 13.2 Å². The van der Waals surface area contributed by atoms with Crippen molar-refractivity contribution < 1.29 is 24.1 Å². The number of hydrogen-bond donors (Lipinski definition) is 1. The summed E-state index contributed by atoms with van der Waals surface area (Å²) in [6.45, 7) is 4.54. The lowest BCUT2D eigenvalue weighted by molar-refractivity contribution is 0.149. The van der Waals surface area contributed by atoms with E-state index in [2.05, 4.69) is 32.0 Å². The van der Waals surface area contributed by atoms with Gasteiger partial charge in [-0.15, -0.1) is 0 Å². The Hall–Kier alpha value is -2.75. The lowest BCUT2D eigenvalue weighted by Gasteiger charge is -2.40. The smallest absolute Gasteiger partial charge is 0.130 e. The third-order valence-corrected chi connectivity index (χ3v) is 10.2. The Kier molecular flexibility index (Phi) is 7.88. The molecule has 1 aliphatic rings. The van der Waals surface area contributed by atoms with E-state index < -0.39 is 7.92 Å². The molecular formula is C29H35O5P. The first-order valence-electron chi connectivity index (χ1n) is 12.0.